The van der Waals surface area contributed by atoms with Crippen LogP contribution >= 0.6 is 0 Å². The molecule has 2 heterocycles. The molecule has 23 heavy (non-hydrogen) atoms. The average Bonchev–Trinajstić information content (AvgIpc) is 2.60. The van der Waals surface area contributed by atoms with Crippen molar-refractivity contribution in [2.75, 3.05) is 47.1 Å². The molecule has 0 aromatic heterocycles. The highest BCUT2D eigenvalue weighted by Gasteiger charge is 2.43. The topological polar surface area (TPSA) is 30.9 Å². The number of benzene rings is 1. The Bertz CT molecular complexity index is 478. The normalized spacial score (nSPS) is 24.7. The van der Waals surface area contributed by atoms with Crippen molar-refractivity contribution in [3.63, 3.8) is 0 Å². The molecule has 2 aliphatic heterocycles. The van der Waals surface area contributed by atoms with Gasteiger partial charge in [-0.3, -0.25) is 4.90 Å². The summed E-state index contributed by atoms with van der Waals surface area (Å²) in [5.74, 6) is 1.49. The smallest absolute Gasteiger partial charge is 0.118 e. The first kappa shape index (κ1) is 16.7. The van der Waals surface area contributed by atoms with E-state index >= 15 is 0 Å². The molecular weight excluding hydrogens is 290 g/mol. The van der Waals surface area contributed by atoms with Crippen molar-refractivity contribution in [2.24, 2.45) is 11.3 Å². The lowest BCUT2D eigenvalue weighted by molar-refractivity contribution is -0.0951. The zero-order valence-corrected chi connectivity index (χ0v) is 14.4. The first-order chi connectivity index (χ1) is 11.3. The van der Waals surface area contributed by atoms with Crippen LogP contribution in [0.1, 0.15) is 24.8 Å². The Morgan fingerprint density at radius 2 is 1.87 bits per heavy atom. The minimum absolute atomic E-state index is 0.435. The van der Waals surface area contributed by atoms with Gasteiger partial charge < -0.3 is 14.2 Å². The van der Waals surface area contributed by atoms with Crippen molar-refractivity contribution in [3.05, 3.63) is 29.8 Å². The maximum Gasteiger partial charge on any atom is 0.118 e. The quantitative estimate of drug-likeness (QED) is 0.835. The standard InChI is InChI=1S/C19H29NO3/c1-21-14-17-15-23-12-9-19(17)7-10-20(11-8-19)13-16-3-5-18(22-2)6-4-16/h3-6,17H,7-15H2,1-2H3. The van der Waals surface area contributed by atoms with E-state index in [1.807, 2.05) is 12.1 Å². The summed E-state index contributed by atoms with van der Waals surface area (Å²) in [6.45, 7) is 5.99. The third-order valence-electron chi connectivity index (χ3n) is 5.71. The third-order valence-corrected chi connectivity index (χ3v) is 5.71. The molecule has 0 N–H and O–H groups in total. The molecule has 2 aliphatic rings. The molecular formula is C19H29NO3. The highest BCUT2D eigenvalue weighted by Crippen LogP contribution is 2.44. The van der Waals surface area contributed by atoms with E-state index in [-0.39, 0.29) is 0 Å². The molecule has 2 fully saturated rings. The molecule has 1 aromatic rings. The van der Waals surface area contributed by atoms with E-state index < -0.39 is 0 Å². The largest absolute Gasteiger partial charge is 0.497 e. The fourth-order valence-corrected chi connectivity index (χ4v) is 4.11. The molecule has 0 bridgehead atoms. The number of piperidine rings is 1. The van der Waals surface area contributed by atoms with E-state index in [1.165, 1.54) is 37.9 Å². The molecule has 3 rings (SSSR count). The van der Waals surface area contributed by atoms with Gasteiger partial charge in [0.25, 0.3) is 0 Å². The fraction of sp³-hybridized carbons (Fsp3) is 0.684. The minimum atomic E-state index is 0.435. The van der Waals surface area contributed by atoms with Gasteiger partial charge in [-0.25, -0.2) is 0 Å². The van der Waals surface area contributed by atoms with Gasteiger partial charge in [0.05, 0.1) is 20.3 Å². The molecule has 4 nitrogen and oxygen atoms in total. The van der Waals surface area contributed by atoms with E-state index in [2.05, 4.69) is 17.0 Å². The summed E-state index contributed by atoms with van der Waals surface area (Å²) in [7, 11) is 3.52. The molecule has 1 spiro atoms. The van der Waals surface area contributed by atoms with E-state index in [1.54, 1.807) is 14.2 Å². The fourth-order valence-electron chi connectivity index (χ4n) is 4.11. The minimum Gasteiger partial charge on any atom is -0.497 e. The zero-order chi connectivity index (χ0) is 16.1. The van der Waals surface area contributed by atoms with E-state index in [0.29, 0.717) is 11.3 Å². The Balaban J connectivity index is 1.56. The van der Waals surface area contributed by atoms with Gasteiger partial charge in [0.1, 0.15) is 5.75 Å². The van der Waals surface area contributed by atoms with Crippen LogP contribution in [0.15, 0.2) is 24.3 Å². The lowest BCUT2D eigenvalue weighted by Gasteiger charge is -2.49. The second-order valence-corrected chi connectivity index (χ2v) is 6.96. The molecule has 0 amide bonds. The number of likely N-dealkylation sites (tertiary alicyclic amines) is 1. The monoisotopic (exact) mass is 319 g/mol. The first-order valence-electron chi connectivity index (χ1n) is 8.68. The van der Waals surface area contributed by atoms with Gasteiger partial charge in [-0.1, -0.05) is 12.1 Å². The molecule has 0 aliphatic carbocycles. The van der Waals surface area contributed by atoms with Gasteiger partial charge in [0, 0.05) is 26.2 Å². The Labute approximate surface area is 139 Å². The summed E-state index contributed by atoms with van der Waals surface area (Å²) in [6.07, 6.45) is 3.72. The van der Waals surface area contributed by atoms with E-state index in [9.17, 15) is 0 Å². The number of ether oxygens (including phenoxy) is 3. The summed E-state index contributed by atoms with van der Waals surface area (Å²) < 4.78 is 16.4. The van der Waals surface area contributed by atoms with Crippen LogP contribution in [0.3, 0.4) is 0 Å². The lowest BCUT2D eigenvalue weighted by atomic mass is 9.66. The van der Waals surface area contributed by atoms with Crippen LogP contribution in [-0.4, -0.2) is 52.0 Å². The highest BCUT2D eigenvalue weighted by atomic mass is 16.5. The summed E-state index contributed by atoms with van der Waals surface area (Å²) in [5, 5.41) is 0. The molecule has 2 saturated heterocycles. The van der Waals surface area contributed by atoms with Gasteiger partial charge in [0.15, 0.2) is 0 Å². The second-order valence-electron chi connectivity index (χ2n) is 6.96. The Morgan fingerprint density at radius 1 is 1.13 bits per heavy atom. The maximum absolute atomic E-state index is 5.70. The van der Waals surface area contributed by atoms with Crippen molar-refractivity contribution in [3.8, 4) is 5.75 Å². The Kier molecular flexibility index (Phi) is 5.57. The SMILES string of the molecule is COCC1COCCC12CCN(Cc1ccc(OC)cc1)CC2. The number of hydrogen-bond donors (Lipinski definition) is 0. The number of nitrogens with zero attached hydrogens (tertiary/aromatic N) is 1. The van der Waals surface area contributed by atoms with Crippen LogP contribution in [0.2, 0.25) is 0 Å². The molecule has 4 heteroatoms. The summed E-state index contributed by atoms with van der Waals surface area (Å²) in [5.41, 5.74) is 1.80. The third kappa shape index (κ3) is 3.87. The predicted octanol–water partition coefficient (Wildman–Crippen LogP) is 2.96. The summed E-state index contributed by atoms with van der Waals surface area (Å²) in [4.78, 5) is 2.58. The molecule has 1 unspecified atom stereocenters. The summed E-state index contributed by atoms with van der Waals surface area (Å²) in [6, 6.07) is 8.44. The number of hydrogen-bond acceptors (Lipinski definition) is 4. The van der Waals surface area contributed by atoms with E-state index in [4.69, 9.17) is 14.2 Å². The van der Waals surface area contributed by atoms with Gasteiger partial charge in [-0.05, 0) is 55.5 Å². The second kappa shape index (κ2) is 7.65. The molecule has 1 aromatic carbocycles. The number of rotatable bonds is 5. The molecule has 0 saturated carbocycles. The van der Waals surface area contributed by atoms with Gasteiger partial charge >= 0.3 is 0 Å². The molecule has 128 valence electrons. The predicted molar refractivity (Wildman–Crippen MR) is 90.7 cm³/mol. The van der Waals surface area contributed by atoms with Crippen LogP contribution < -0.4 is 4.74 Å². The van der Waals surface area contributed by atoms with Crippen LogP contribution in [-0.2, 0) is 16.0 Å². The first-order valence-corrected chi connectivity index (χ1v) is 8.68. The van der Waals surface area contributed by atoms with Gasteiger partial charge in [-0.2, -0.15) is 0 Å². The molecule has 0 radical (unpaired) electrons. The van der Waals surface area contributed by atoms with Crippen molar-refractivity contribution < 1.29 is 14.2 Å². The van der Waals surface area contributed by atoms with Crippen molar-refractivity contribution >= 4 is 0 Å². The Hall–Kier alpha value is -1.10. The zero-order valence-electron chi connectivity index (χ0n) is 14.4. The lowest BCUT2D eigenvalue weighted by Crippen LogP contribution is -2.49. The average molecular weight is 319 g/mol. The van der Waals surface area contributed by atoms with Crippen LogP contribution in [0.4, 0.5) is 0 Å². The maximum atomic E-state index is 5.70. The van der Waals surface area contributed by atoms with Gasteiger partial charge in [-0.15, -0.1) is 0 Å². The Morgan fingerprint density at radius 3 is 2.52 bits per heavy atom. The van der Waals surface area contributed by atoms with Crippen molar-refractivity contribution in [2.45, 2.75) is 25.8 Å². The van der Waals surface area contributed by atoms with Crippen LogP contribution in [0.25, 0.3) is 0 Å². The molecule has 1 atom stereocenters. The number of methoxy groups -OCH3 is 2. The van der Waals surface area contributed by atoms with Crippen LogP contribution in [0.5, 0.6) is 5.75 Å². The van der Waals surface area contributed by atoms with E-state index in [0.717, 1.165) is 32.1 Å². The summed E-state index contributed by atoms with van der Waals surface area (Å²) >= 11 is 0. The van der Waals surface area contributed by atoms with Gasteiger partial charge in [0.2, 0.25) is 0 Å². The highest BCUT2D eigenvalue weighted by molar-refractivity contribution is 5.27. The van der Waals surface area contributed by atoms with Crippen molar-refractivity contribution in [1.82, 2.24) is 4.90 Å². The van der Waals surface area contributed by atoms with Crippen LogP contribution in [0, 0.1) is 11.3 Å². The van der Waals surface area contributed by atoms with Crippen molar-refractivity contribution in [1.29, 1.82) is 0 Å².